The van der Waals surface area contributed by atoms with Gasteiger partial charge < -0.3 is 0 Å². The number of rotatable bonds is 1. The van der Waals surface area contributed by atoms with Crippen molar-refractivity contribution in [3.05, 3.63) is 22.8 Å². The number of hydrogen-bond acceptors (Lipinski definition) is 0. The summed E-state index contributed by atoms with van der Waals surface area (Å²) in [6, 6.07) is 0. The topological polar surface area (TPSA) is 8.72 Å². The Morgan fingerprint density at radius 1 is 1.17 bits per heavy atom. The summed E-state index contributed by atoms with van der Waals surface area (Å²) in [5.74, 6) is 0.844. The second-order valence-electron chi connectivity index (χ2n) is 4.14. The van der Waals surface area contributed by atoms with Crippen LogP contribution in [0.25, 0.3) is 9.69 Å². The SMILES string of the molecule is [C-]#[N+]C([N+]#[C-])C12CCC(CC1)C2. The lowest BCUT2D eigenvalue weighted by atomic mass is 9.81. The lowest BCUT2D eigenvalue weighted by Gasteiger charge is -2.19. The van der Waals surface area contributed by atoms with Crippen LogP contribution < -0.4 is 0 Å². The Hall–Kier alpha value is -1.02. The molecule has 2 aliphatic carbocycles. The van der Waals surface area contributed by atoms with E-state index in [2.05, 4.69) is 9.69 Å². The van der Waals surface area contributed by atoms with E-state index >= 15 is 0 Å². The fraction of sp³-hybridized carbons (Fsp3) is 0.800. The van der Waals surface area contributed by atoms with Crippen LogP contribution >= 0.6 is 0 Å². The van der Waals surface area contributed by atoms with Crippen molar-refractivity contribution in [1.82, 2.24) is 0 Å². The largest absolute Gasteiger partial charge is 0.480 e. The molecule has 2 fully saturated rings. The minimum absolute atomic E-state index is 0.119. The Bertz CT molecular complexity index is 247. The zero-order valence-electron chi connectivity index (χ0n) is 7.08. The molecule has 0 N–H and O–H groups in total. The standard InChI is InChI=1S/C10H12N2/c1-11-9(12-2)10-5-3-8(7-10)4-6-10/h8-9H,3-7H2. The van der Waals surface area contributed by atoms with Crippen LogP contribution in [0.2, 0.25) is 0 Å². The van der Waals surface area contributed by atoms with E-state index in [1.54, 1.807) is 0 Å². The molecule has 2 heteroatoms. The summed E-state index contributed by atoms with van der Waals surface area (Å²) in [6.45, 7) is 14.0. The maximum atomic E-state index is 6.98. The quantitative estimate of drug-likeness (QED) is 0.521. The molecule has 0 heterocycles. The molecule has 12 heavy (non-hydrogen) atoms. The second-order valence-corrected chi connectivity index (χ2v) is 4.14. The van der Waals surface area contributed by atoms with Gasteiger partial charge in [0.1, 0.15) is 5.41 Å². The predicted molar refractivity (Wildman–Crippen MR) is 46.0 cm³/mol. The molecule has 0 unspecified atom stereocenters. The van der Waals surface area contributed by atoms with E-state index in [-0.39, 0.29) is 11.6 Å². The molecule has 2 rings (SSSR count). The van der Waals surface area contributed by atoms with E-state index in [0.29, 0.717) is 0 Å². The van der Waals surface area contributed by atoms with E-state index in [1.165, 1.54) is 12.8 Å². The van der Waals surface area contributed by atoms with Crippen LogP contribution in [0.3, 0.4) is 0 Å². The third-order valence-corrected chi connectivity index (χ3v) is 3.59. The smallest absolute Gasteiger partial charge is 0.232 e. The molecule has 0 aliphatic heterocycles. The first-order valence-corrected chi connectivity index (χ1v) is 4.54. The minimum Gasteiger partial charge on any atom is -0.232 e. The summed E-state index contributed by atoms with van der Waals surface area (Å²) in [4.78, 5) is 6.91. The van der Waals surface area contributed by atoms with E-state index in [1.807, 2.05) is 0 Å². The lowest BCUT2D eigenvalue weighted by Crippen LogP contribution is -2.25. The molecular formula is C10H12N2. The molecule has 2 saturated carbocycles. The van der Waals surface area contributed by atoms with Crippen molar-refractivity contribution in [3.63, 3.8) is 0 Å². The van der Waals surface area contributed by atoms with Gasteiger partial charge in [-0.15, -0.1) is 0 Å². The van der Waals surface area contributed by atoms with Gasteiger partial charge in [-0.1, -0.05) is 0 Å². The van der Waals surface area contributed by atoms with Gasteiger partial charge in [0.05, 0.1) is 0 Å². The van der Waals surface area contributed by atoms with Crippen LogP contribution in [0.5, 0.6) is 0 Å². The average molecular weight is 160 g/mol. The van der Waals surface area contributed by atoms with Crippen molar-refractivity contribution in [2.45, 2.75) is 38.3 Å². The maximum absolute atomic E-state index is 6.98. The van der Waals surface area contributed by atoms with Gasteiger partial charge in [-0.05, 0) is 38.0 Å². The van der Waals surface area contributed by atoms with Crippen LogP contribution in [0.15, 0.2) is 0 Å². The van der Waals surface area contributed by atoms with Crippen molar-refractivity contribution in [2.24, 2.45) is 11.3 Å². The summed E-state index contributed by atoms with van der Waals surface area (Å²) in [5.41, 5.74) is 0.119. The lowest BCUT2D eigenvalue weighted by molar-refractivity contribution is 0.284. The van der Waals surface area contributed by atoms with Crippen LogP contribution in [0, 0.1) is 24.5 Å². The zero-order chi connectivity index (χ0) is 8.60. The van der Waals surface area contributed by atoms with Gasteiger partial charge in [-0.3, -0.25) is 0 Å². The third kappa shape index (κ3) is 0.847. The Morgan fingerprint density at radius 2 is 1.75 bits per heavy atom. The fourth-order valence-corrected chi connectivity index (χ4v) is 2.90. The van der Waals surface area contributed by atoms with E-state index in [0.717, 1.165) is 25.2 Å². The Kier molecular flexibility index (Phi) is 1.58. The number of hydrogen-bond donors (Lipinski definition) is 0. The molecule has 0 aromatic carbocycles. The third-order valence-electron chi connectivity index (χ3n) is 3.59. The highest BCUT2D eigenvalue weighted by Gasteiger charge is 2.57. The fourth-order valence-electron chi connectivity index (χ4n) is 2.90. The molecule has 0 aromatic rings. The molecular weight excluding hydrogens is 148 g/mol. The summed E-state index contributed by atoms with van der Waals surface area (Å²) >= 11 is 0. The molecule has 0 amide bonds. The van der Waals surface area contributed by atoms with Crippen molar-refractivity contribution in [1.29, 1.82) is 0 Å². The molecule has 2 nitrogen and oxygen atoms in total. The van der Waals surface area contributed by atoms with Gasteiger partial charge in [0.25, 0.3) is 0 Å². The Balaban J connectivity index is 2.22. The summed E-state index contributed by atoms with van der Waals surface area (Å²) < 4.78 is 0. The normalized spacial score (nSPS) is 38.1. The Labute approximate surface area is 73.2 Å². The van der Waals surface area contributed by atoms with Gasteiger partial charge in [0.2, 0.25) is 0 Å². The molecule has 0 aromatic heterocycles. The molecule has 2 bridgehead atoms. The van der Waals surface area contributed by atoms with Crippen LogP contribution in [-0.4, -0.2) is 6.17 Å². The van der Waals surface area contributed by atoms with E-state index in [4.69, 9.17) is 13.1 Å². The predicted octanol–water partition coefficient (Wildman–Crippen LogP) is 2.73. The molecule has 0 radical (unpaired) electrons. The summed E-state index contributed by atoms with van der Waals surface area (Å²) in [7, 11) is 0. The number of fused-ring (bicyclic) bond motifs is 2. The van der Waals surface area contributed by atoms with Gasteiger partial charge in [-0.25, -0.2) is 22.8 Å². The molecule has 0 spiro atoms. The first kappa shape index (κ1) is 7.62. The van der Waals surface area contributed by atoms with Crippen LogP contribution in [-0.2, 0) is 0 Å². The first-order chi connectivity index (χ1) is 5.80. The Morgan fingerprint density at radius 3 is 2.08 bits per heavy atom. The van der Waals surface area contributed by atoms with Gasteiger partial charge >= 0.3 is 6.17 Å². The molecule has 62 valence electrons. The summed E-state index contributed by atoms with van der Waals surface area (Å²) in [6.07, 6.45) is 5.58. The minimum atomic E-state index is -0.370. The summed E-state index contributed by atoms with van der Waals surface area (Å²) in [5, 5.41) is 0. The monoisotopic (exact) mass is 160 g/mol. The second kappa shape index (κ2) is 2.49. The van der Waals surface area contributed by atoms with Gasteiger partial charge in [0.15, 0.2) is 0 Å². The maximum Gasteiger partial charge on any atom is 0.480 e. The molecule has 0 saturated heterocycles. The van der Waals surface area contributed by atoms with Crippen molar-refractivity contribution >= 4 is 0 Å². The van der Waals surface area contributed by atoms with Crippen molar-refractivity contribution in [3.8, 4) is 0 Å². The molecule has 0 atom stereocenters. The van der Waals surface area contributed by atoms with Crippen LogP contribution in [0.4, 0.5) is 0 Å². The first-order valence-electron chi connectivity index (χ1n) is 4.54. The average Bonchev–Trinajstić information content (AvgIpc) is 2.66. The van der Waals surface area contributed by atoms with Gasteiger partial charge in [-0.2, -0.15) is 0 Å². The highest BCUT2D eigenvalue weighted by Crippen LogP contribution is 2.56. The van der Waals surface area contributed by atoms with Gasteiger partial charge in [0, 0.05) is 0 Å². The highest BCUT2D eigenvalue weighted by atomic mass is 15.0. The number of nitrogens with zero attached hydrogens (tertiary/aromatic N) is 2. The molecule has 2 aliphatic rings. The van der Waals surface area contributed by atoms with Crippen molar-refractivity contribution < 1.29 is 0 Å². The highest BCUT2D eigenvalue weighted by molar-refractivity contribution is 5.09. The van der Waals surface area contributed by atoms with Crippen LogP contribution in [0.1, 0.15) is 32.1 Å². The zero-order valence-corrected chi connectivity index (χ0v) is 7.08. The van der Waals surface area contributed by atoms with E-state index in [9.17, 15) is 0 Å². The van der Waals surface area contributed by atoms with Crippen molar-refractivity contribution in [2.75, 3.05) is 0 Å². The van der Waals surface area contributed by atoms with E-state index < -0.39 is 0 Å².